The van der Waals surface area contributed by atoms with E-state index in [4.69, 9.17) is 0 Å². The molecular weight excluding hydrogens is 216 g/mol. The number of nitrogens with zero attached hydrogens (tertiary/aromatic N) is 2. The van der Waals surface area contributed by atoms with Gasteiger partial charge in [-0.25, -0.2) is 0 Å². The van der Waals surface area contributed by atoms with E-state index in [1.165, 1.54) is 6.92 Å². The average Bonchev–Trinajstić information content (AvgIpc) is 2.25. The first-order valence-corrected chi connectivity index (χ1v) is 5.78. The number of hydrogen-bond donors (Lipinski definition) is 1. The van der Waals surface area contributed by atoms with Gasteiger partial charge in [0.2, 0.25) is 0 Å². The van der Waals surface area contributed by atoms with Crippen molar-refractivity contribution in [2.75, 3.05) is 18.0 Å². The molecule has 17 heavy (non-hydrogen) atoms. The summed E-state index contributed by atoms with van der Waals surface area (Å²) >= 11 is 0. The summed E-state index contributed by atoms with van der Waals surface area (Å²) in [5, 5.41) is 9.81. The lowest BCUT2D eigenvalue weighted by atomic mass is 10.1. The molecule has 0 fully saturated rings. The molecular formula is C13H20N2O2. The van der Waals surface area contributed by atoms with Crippen LogP contribution in [0.4, 0.5) is 5.69 Å². The third-order valence-corrected chi connectivity index (χ3v) is 2.43. The molecule has 0 radical (unpaired) electrons. The Labute approximate surface area is 102 Å². The predicted molar refractivity (Wildman–Crippen MR) is 68.4 cm³/mol. The highest BCUT2D eigenvalue weighted by Crippen LogP contribution is 2.16. The zero-order valence-electron chi connectivity index (χ0n) is 10.9. The van der Waals surface area contributed by atoms with E-state index in [9.17, 15) is 9.90 Å². The SMILES string of the molecule is CCN(CC(C)(C)O)c1ccc(C(C)=O)nc1. The van der Waals surface area contributed by atoms with E-state index in [2.05, 4.69) is 4.98 Å². The molecule has 0 unspecified atom stereocenters. The maximum atomic E-state index is 11.1. The number of hydrogen-bond acceptors (Lipinski definition) is 4. The van der Waals surface area contributed by atoms with Crippen molar-refractivity contribution in [3.63, 3.8) is 0 Å². The van der Waals surface area contributed by atoms with Crippen molar-refractivity contribution in [3.05, 3.63) is 24.0 Å². The number of carbonyl (C=O) groups excluding carboxylic acids is 1. The number of aliphatic hydroxyl groups is 1. The Balaban J connectivity index is 2.86. The molecule has 0 bridgehead atoms. The summed E-state index contributed by atoms with van der Waals surface area (Å²) < 4.78 is 0. The molecule has 0 aliphatic rings. The maximum absolute atomic E-state index is 11.1. The summed E-state index contributed by atoms with van der Waals surface area (Å²) in [5.41, 5.74) is 0.627. The number of likely N-dealkylation sites (N-methyl/N-ethyl adjacent to an activating group) is 1. The van der Waals surface area contributed by atoms with Crippen LogP contribution < -0.4 is 4.90 Å². The number of rotatable bonds is 5. The normalized spacial score (nSPS) is 11.4. The van der Waals surface area contributed by atoms with E-state index in [1.807, 2.05) is 17.9 Å². The quantitative estimate of drug-likeness (QED) is 0.793. The second kappa shape index (κ2) is 5.27. The van der Waals surface area contributed by atoms with Crippen LogP contribution in [0.5, 0.6) is 0 Å². The number of pyridine rings is 1. The van der Waals surface area contributed by atoms with Gasteiger partial charge >= 0.3 is 0 Å². The van der Waals surface area contributed by atoms with Gasteiger partial charge in [0.05, 0.1) is 17.5 Å². The van der Waals surface area contributed by atoms with E-state index >= 15 is 0 Å². The molecule has 0 saturated carbocycles. The van der Waals surface area contributed by atoms with Gasteiger partial charge in [0, 0.05) is 20.0 Å². The minimum absolute atomic E-state index is 0.0397. The molecule has 4 nitrogen and oxygen atoms in total. The fourth-order valence-electron chi connectivity index (χ4n) is 1.63. The van der Waals surface area contributed by atoms with E-state index in [0.29, 0.717) is 12.2 Å². The molecule has 0 aromatic carbocycles. The fourth-order valence-corrected chi connectivity index (χ4v) is 1.63. The van der Waals surface area contributed by atoms with Crippen LogP contribution in [-0.2, 0) is 0 Å². The summed E-state index contributed by atoms with van der Waals surface area (Å²) in [4.78, 5) is 17.2. The number of aromatic nitrogens is 1. The molecule has 0 aliphatic heterocycles. The summed E-state index contributed by atoms with van der Waals surface area (Å²) in [6, 6.07) is 3.57. The molecule has 1 rings (SSSR count). The van der Waals surface area contributed by atoms with Gasteiger partial charge in [-0.2, -0.15) is 0 Å². The van der Waals surface area contributed by atoms with Gasteiger partial charge in [0.1, 0.15) is 5.69 Å². The van der Waals surface area contributed by atoms with E-state index in [1.54, 1.807) is 26.1 Å². The topological polar surface area (TPSA) is 53.4 Å². The molecule has 1 aromatic heterocycles. The minimum Gasteiger partial charge on any atom is -0.389 e. The van der Waals surface area contributed by atoms with Crippen molar-refractivity contribution >= 4 is 11.5 Å². The summed E-state index contributed by atoms with van der Waals surface area (Å²) in [7, 11) is 0. The first-order valence-electron chi connectivity index (χ1n) is 5.78. The van der Waals surface area contributed by atoms with Crippen molar-refractivity contribution < 1.29 is 9.90 Å². The Kier molecular flexibility index (Phi) is 4.23. The smallest absolute Gasteiger partial charge is 0.178 e. The number of ketones is 1. The fraction of sp³-hybridized carbons (Fsp3) is 0.538. The molecule has 0 atom stereocenters. The monoisotopic (exact) mass is 236 g/mol. The third kappa shape index (κ3) is 4.15. The number of Topliss-reactive ketones (excluding diaryl/α,β-unsaturated/α-hetero) is 1. The van der Waals surface area contributed by atoms with Gasteiger partial charge in [-0.3, -0.25) is 9.78 Å². The summed E-state index contributed by atoms with van der Waals surface area (Å²) in [6.07, 6.45) is 1.67. The lowest BCUT2D eigenvalue weighted by Crippen LogP contribution is -2.38. The lowest BCUT2D eigenvalue weighted by Gasteiger charge is -2.29. The van der Waals surface area contributed by atoms with Gasteiger partial charge < -0.3 is 10.0 Å². The molecule has 0 spiro atoms. The third-order valence-electron chi connectivity index (χ3n) is 2.43. The van der Waals surface area contributed by atoms with Crippen LogP contribution in [0.2, 0.25) is 0 Å². The van der Waals surface area contributed by atoms with Crippen molar-refractivity contribution in [3.8, 4) is 0 Å². The van der Waals surface area contributed by atoms with Crippen molar-refractivity contribution in [1.29, 1.82) is 0 Å². The van der Waals surface area contributed by atoms with E-state index in [-0.39, 0.29) is 5.78 Å². The van der Waals surface area contributed by atoms with Crippen LogP contribution in [0, 0.1) is 0 Å². The van der Waals surface area contributed by atoms with E-state index < -0.39 is 5.60 Å². The first kappa shape index (κ1) is 13.6. The van der Waals surface area contributed by atoms with Gasteiger partial charge in [-0.15, -0.1) is 0 Å². The van der Waals surface area contributed by atoms with Gasteiger partial charge in [0.15, 0.2) is 5.78 Å². The second-order valence-corrected chi connectivity index (χ2v) is 4.78. The van der Waals surface area contributed by atoms with Crippen LogP contribution in [0.25, 0.3) is 0 Å². The Morgan fingerprint density at radius 3 is 2.47 bits per heavy atom. The zero-order chi connectivity index (χ0) is 13.1. The summed E-state index contributed by atoms with van der Waals surface area (Å²) in [6.45, 7) is 8.37. The lowest BCUT2D eigenvalue weighted by molar-refractivity contribution is 0.0875. The van der Waals surface area contributed by atoms with Crippen LogP contribution in [0.15, 0.2) is 18.3 Å². The number of carbonyl (C=O) groups is 1. The Hall–Kier alpha value is -1.42. The van der Waals surface area contributed by atoms with E-state index in [0.717, 1.165) is 12.2 Å². The van der Waals surface area contributed by atoms with Crippen LogP contribution in [0.3, 0.4) is 0 Å². The second-order valence-electron chi connectivity index (χ2n) is 4.78. The van der Waals surface area contributed by atoms with Gasteiger partial charge in [-0.1, -0.05) is 0 Å². The molecule has 94 valence electrons. The van der Waals surface area contributed by atoms with Gasteiger partial charge in [0.25, 0.3) is 0 Å². The largest absolute Gasteiger partial charge is 0.389 e. The van der Waals surface area contributed by atoms with Crippen LogP contribution in [-0.4, -0.2) is 34.6 Å². The average molecular weight is 236 g/mol. The highest BCUT2D eigenvalue weighted by Gasteiger charge is 2.17. The first-order chi connectivity index (χ1) is 7.83. The molecule has 0 saturated heterocycles. The Morgan fingerprint density at radius 2 is 2.12 bits per heavy atom. The summed E-state index contributed by atoms with van der Waals surface area (Å²) in [5.74, 6) is -0.0397. The maximum Gasteiger partial charge on any atom is 0.178 e. The molecule has 4 heteroatoms. The minimum atomic E-state index is -0.755. The molecule has 0 aliphatic carbocycles. The van der Waals surface area contributed by atoms with Crippen molar-refractivity contribution in [2.45, 2.75) is 33.3 Å². The van der Waals surface area contributed by atoms with Gasteiger partial charge in [-0.05, 0) is 32.9 Å². The van der Waals surface area contributed by atoms with Crippen molar-refractivity contribution in [2.24, 2.45) is 0 Å². The molecule has 0 amide bonds. The van der Waals surface area contributed by atoms with Crippen LogP contribution >= 0.6 is 0 Å². The highest BCUT2D eigenvalue weighted by molar-refractivity contribution is 5.92. The van der Waals surface area contributed by atoms with Crippen molar-refractivity contribution in [1.82, 2.24) is 4.98 Å². The number of anilines is 1. The highest BCUT2D eigenvalue weighted by atomic mass is 16.3. The zero-order valence-corrected chi connectivity index (χ0v) is 10.9. The van der Waals surface area contributed by atoms with Crippen LogP contribution in [0.1, 0.15) is 38.2 Å². The molecule has 1 aromatic rings. The standard InChI is InChI=1S/C13H20N2O2/c1-5-15(9-13(3,4)17)11-6-7-12(10(2)16)14-8-11/h6-8,17H,5,9H2,1-4H3. The predicted octanol–water partition coefficient (Wildman–Crippen LogP) is 1.88. The molecule has 1 heterocycles. The Morgan fingerprint density at radius 1 is 1.47 bits per heavy atom. The molecule has 1 N–H and O–H groups in total. The Bertz CT molecular complexity index is 379.